The second-order valence-corrected chi connectivity index (χ2v) is 14.9. The monoisotopic (exact) mass is 671 g/mol. The van der Waals surface area contributed by atoms with E-state index in [1.807, 2.05) is 50.2 Å². The summed E-state index contributed by atoms with van der Waals surface area (Å²) < 4.78 is 24.6. The molecule has 0 radical (unpaired) electrons. The number of benzene rings is 2. The lowest BCUT2D eigenvalue weighted by molar-refractivity contribution is -0.214. The number of carbonyl (C=O) groups excluding carboxylic acids is 3. The molecule has 2 N–H and O–H groups in total. The van der Waals surface area contributed by atoms with Crippen LogP contribution in [0.25, 0.3) is 0 Å². The van der Waals surface area contributed by atoms with Crippen molar-refractivity contribution in [1.82, 2.24) is 15.5 Å². The summed E-state index contributed by atoms with van der Waals surface area (Å²) >= 11 is 0. The third-order valence-corrected chi connectivity index (χ3v) is 12.1. The van der Waals surface area contributed by atoms with Crippen LogP contribution in [0, 0.1) is 17.3 Å². The van der Waals surface area contributed by atoms with Crippen molar-refractivity contribution in [3.8, 4) is 11.5 Å². The Hall–Kier alpha value is -3.89. The van der Waals surface area contributed by atoms with Crippen LogP contribution >= 0.6 is 0 Å². The lowest BCUT2D eigenvalue weighted by Gasteiger charge is -2.70. The topological polar surface area (TPSA) is 115 Å². The number of nitrogens with zero attached hydrogens (tertiary/aromatic N) is 1. The van der Waals surface area contributed by atoms with E-state index in [4.69, 9.17) is 18.9 Å². The predicted octanol–water partition coefficient (Wildman–Crippen LogP) is 3.74. The van der Waals surface area contributed by atoms with Crippen molar-refractivity contribution >= 4 is 17.8 Å². The quantitative estimate of drug-likeness (QED) is 0.259. The smallest absolute Gasteiger partial charge is 0.328 e. The molecule has 49 heavy (non-hydrogen) atoms. The Bertz CT molecular complexity index is 1660. The fourth-order valence-corrected chi connectivity index (χ4v) is 10.0. The maximum Gasteiger partial charge on any atom is 0.328 e. The zero-order valence-electron chi connectivity index (χ0n) is 29.4. The van der Waals surface area contributed by atoms with E-state index in [2.05, 4.69) is 40.8 Å². The molecule has 2 heterocycles. The van der Waals surface area contributed by atoms with Crippen LogP contribution in [0.15, 0.2) is 54.6 Å². The number of hydrogen-bond acceptors (Lipinski definition) is 8. The number of esters is 1. The highest BCUT2D eigenvalue weighted by molar-refractivity contribution is 5.92. The fraction of sp³-hybridized carbons (Fsp3) is 0.564. The fourth-order valence-electron chi connectivity index (χ4n) is 10.0. The average molecular weight is 672 g/mol. The molecule has 0 aromatic heterocycles. The largest absolute Gasteiger partial charge is 0.493 e. The van der Waals surface area contributed by atoms with E-state index in [9.17, 15) is 14.4 Å². The van der Waals surface area contributed by atoms with Crippen molar-refractivity contribution in [3.05, 3.63) is 71.3 Å². The highest BCUT2D eigenvalue weighted by Gasteiger charge is 2.79. The van der Waals surface area contributed by atoms with Gasteiger partial charge in [0.15, 0.2) is 11.5 Å². The van der Waals surface area contributed by atoms with Crippen LogP contribution in [-0.2, 0) is 42.1 Å². The van der Waals surface area contributed by atoms with Gasteiger partial charge in [0.25, 0.3) is 0 Å². The number of ether oxygens (including phenoxy) is 4. The molecule has 1 saturated heterocycles. The van der Waals surface area contributed by atoms with E-state index in [0.29, 0.717) is 18.6 Å². The zero-order valence-corrected chi connectivity index (χ0v) is 29.4. The van der Waals surface area contributed by atoms with Crippen LogP contribution < -0.4 is 20.1 Å². The minimum atomic E-state index is -1.08. The second kappa shape index (κ2) is 12.5. The summed E-state index contributed by atoms with van der Waals surface area (Å²) in [7, 11) is 5.50. The van der Waals surface area contributed by atoms with E-state index in [1.165, 1.54) is 11.1 Å². The normalized spacial score (nSPS) is 31.4. The number of fused-ring (bicyclic) bond motifs is 1. The molecule has 8 rings (SSSR count). The Labute approximate surface area is 288 Å². The van der Waals surface area contributed by atoms with Gasteiger partial charge in [-0.25, -0.2) is 4.79 Å². The summed E-state index contributed by atoms with van der Waals surface area (Å²) in [5, 5.41) is 6.08. The summed E-state index contributed by atoms with van der Waals surface area (Å²) in [5.41, 5.74) is 1.52. The number of rotatable bonds is 12. The third-order valence-electron chi connectivity index (χ3n) is 12.1. The van der Waals surface area contributed by atoms with Crippen molar-refractivity contribution in [1.29, 1.82) is 0 Å². The van der Waals surface area contributed by atoms with Gasteiger partial charge in [-0.1, -0.05) is 62.4 Å². The van der Waals surface area contributed by atoms with Crippen molar-refractivity contribution in [2.45, 2.75) is 88.1 Å². The summed E-state index contributed by atoms with van der Waals surface area (Å²) in [6, 6.07) is 12.2. The summed E-state index contributed by atoms with van der Waals surface area (Å²) in [6.45, 7) is 6.84. The molecule has 1 saturated carbocycles. The number of hydrogen-bond donors (Lipinski definition) is 2. The van der Waals surface area contributed by atoms with Gasteiger partial charge in [0.05, 0.1) is 25.0 Å². The molecule has 10 heteroatoms. The minimum Gasteiger partial charge on any atom is -0.493 e. The number of nitrogens with one attached hydrogen (secondary N) is 2. The second-order valence-electron chi connectivity index (χ2n) is 14.9. The molecule has 4 aliphatic carbocycles. The van der Waals surface area contributed by atoms with Crippen LogP contribution in [0.5, 0.6) is 11.5 Å². The Kier molecular flexibility index (Phi) is 8.54. The molecule has 2 spiro atoms. The molecule has 8 atom stereocenters. The van der Waals surface area contributed by atoms with Crippen molar-refractivity contribution in [2.75, 3.05) is 34.4 Å². The first-order chi connectivity index (χ1) is 23.5. The molecule has 0 unspecified atom stereocenters. The van der Waals surface area contributed by atoms with Gasteiger partial charge in [-0.05, 0) is 69.3 Å². The van der Waals surface area contributed by atoms with Gasteiger partial charge in [0.1, 0.15) is 23.8 Å². The van der Waals surface area contributed by atoms with Gasteiger partial charge < -0.3 is 34.5 Å². The van der Waals surface area contributed by atoms with Gasteiger partial charge in [-0.3, -0.25) is 9.59 Å². The summed E-state index contributed by atoms with van der Waals surface area (Å²) in [5.74, 6) is -0.226. The lowest BCUT2D eigenvalue weighted by atomic mass is 9.37. The molecule has 4 bridgehead atoms. The SMILES string of the molecule is CCOC(=O)[C@H](CC(C)C)NC(=O)[C@H](Cc1ccccc1)NC(=O)[C@H]1C[C@@]23C=C[C@@]1(OC)[C@@H]1Oc4c(OC)ccc5c4[C@@]12CCN(C)[C@H]3C5. The van der Waals surface area contributed by atoms with Gasteiger partial charge in [-0.2, -0.15) is 0 Å². The van der Waals surface area contributed by atoms with Crippen LogP contribution in [0.4, 0.5) is 0 Å². The van der Waals surface area contributed by atoms with Crippen molar-refractivity contribution in [2.24, 2.45) is 17.3 Å². The molecule has 2 aromatic rings. The van der Waals surface area contributed by atoms with Crippen molar-refractivity contribution in [3.63, 3.8) is 0 Å². The Morgan fingerprint density at radius 2 is 1.82 bits per heavy atom. The maximum absolute atomic E-state index is 14.8. The minimum absolute atomic E-state index is 0.136. The number of piperidine rings is 1. The van der Waals surface area contributed by atoms with E-state index in [1.54, 1.807) is 21.1 Å². The van der Waals surface area contributed by atoms with Crippen LogP contribution in [0.2, 0.25) is 0 Å². The average Bonchev–Trinajstić information content (AvgIpc) is 3.47. The molecule has 6 aliphatic rings. The molecule has 2 amide bonds. The summed E-state index contributed by atoms with van der Waals surface area (Å²) in [4.78, 5) is 44.2. The number of likely N-dealkylation sites (N-methyl/N-ethyl adjacent to an activating group) is 1. The first kappa shape index (κ1) is 33.6. The number of methoxy groups -OCH3 is 2. The van der Waals surface area contributed by atoms with Crippen LogP contribution in [-0.4, -0.2) is 86.9 Å². The van der Waals surface area contributed by atoms with Crippen LogP contribution in [0.3, 0.4) is 0 Å². The van der Waals surface area contributed by atoms with Gasteiger partial charge >= 0.3 is 5.97 Å². The predicted molar refractivity (Wildman–Crippen MR) is 183 cm³/mol. The molecular weight excluding hydrogens is 622 g/mol. The Balaban J connectivity index is 1.25. The molecule has 2 aromatic carbocycles. The molecule has 262 valence electrons. The van der Waals surface area contributed by atoms with E-state index < -0.39 is 41.6 Å². The lowest BCUT2D eigenvalue weighted by Crippen LogP contribution is -2.80. The molecular formula is C39H49N3O7. The molecule has 2 aliphatic heterocycles. The first-order valence-corrected chi connectivity index (χ1v) is 17.7. The Morgan fingerprint density at radius 1 is 1.04 bits per heavy atom. The standard InChI is InChI=1S/C39H49N3O7/c1-7-48-35(45)28(19-23(2)3)41-34(44)27(20-24-11-9-8-10-12-24)40-33(43)26-22-37-15-16-39(26,47-6)36-38(37)17-18-42(4)30(37)21-25-13-14-29(46-5)32(49-36)31(25)38/h8-16,23,26-28,30,36H,7,17-22H2,1-6H3,(H,40,43)(H,41,44)/t26-,27+,28+,30+,36-,37-,38+,39+/m1/s1. The Morgan fingerprint density at radius 3 is 2.51 bits per heavy atom. The van der Waals surface area contributed by atoms with Gasteiger partial charge in [-0.15, -0.1) is 0 Å². The van der Waals surface area contributed by atoms with Gasteiger partial charge in [0.2, 0.25) is 11.8 Å². The van der Waals surface area contributed by atoms with E-state index in [0.717, 1.165) is 30.7 Å². The number of likely N-dealkylation sites (tertiary alicyclic amines) is 1. The number of carbonyl (C=O) groups is 3. The maximum atomic E-state index is 14.8. The third kappa shape index (κ3) is 4.92. The van der Waals surface area contributed by atoms with Crippen LogP contribution in [0.1, 0.15) is 56.7 Å². The zero-order chi connectivity index (χ0) is 34.7. The number of amides is 2. The summed E-state index contributed by atoms with van der Waals surface area (Å²) in [6.07, 6.45) is 6.86. The molecule has 2 fully saturated rings. The van der Waals surface area contributed by atoms with Gasteiger partial charge in [0, 0.05) is 30.6 Å². The van der Waals surface area contributed by atoms with Crippen molar-refractivity contribution < 1.29 is 33.3 Å². The first-order valence-electron chi connectivity index (χ1n) is 17.7. The highest BCUT2D eigenvalue weighted by atomic mass is 16.6. The van der Waals surface area contributed by atoms with E-state index in [-0.39, 0.29) is 41.7 Å². The highest BCUT2D eigenvalue weighted by Crippen LogP contribution is 2.74. The molecule has 10 nitrogen and oxygen atoms in total. The van der Waals surface area contributed by atoms with E-state index >= 15 is 0 Å².